The molecule has 0 saturated carbocycles. The van der Waals surface area contributed by atoms with Gasteiger partial charge in [-0.2, -0.15) is 4.99 Å². The van der Waals surface area contributed by atoms with Gasteiger partial charge in [-0.1, -0.05) is 19.1 Å². The molecule has 0 aliphatic heterocycles. The summed E-state index contributed by atoms with van der Waals surface area (Å²) in [5, 5.41) is 2.32. The Morgan fingerprint density at radius 3 is 2.80 bits per heavy atom. The van der Waals surface area contributed by atoms with E-state index < -0.39 is 0 Å². The molecular formula is C8H11NS. The maximum atomic E-state index is 4.45. The second kappa shape index (κ2) is 6.40. The highest BCUT2D eigenvalue weighted by molar-refractivity contribution is 7.78. The highest BCUT2D eigenvalue weighted by Crippen LogP contribution is 1.97. The predicted molar refractivity (Wildman–Crippen MR) is 48.2 cm³/mol. The van der Waals surface area contributed by atoms with Crippen LogP contribution in [0.2, 0.25) is 0 Å². The molecule has 0 rings (SSSR count). The van der Waals surface area contributed by atoms with Crippen LogP contribution in [0.4, 0.5) is 0 Å². The van der Waals surface area contributed by atoms with Gasteiger partial charge in [-0.05, 0) is 31.6 Å². The quantitative estimate of drug-likeness (QED) is 0.345. The molecule has 0 aromatic heterocycles. The Kier molecular flexibility index (Phi) is 5.94. The Morgan fingerprint density at radius 2 is 2.40 bits per heavy atom. The van der Waals surface area contributed by atoms with E-state index in [1.54, 1.807) is 0 Å². The van der Waals surface area contributed by atoms with Gasteiger partial charge < -0.3 is 0 Å². The summed E-state index contributed by atoms with van der Waals surface area (Å²) in [4.78, 5) is 3.82. The number of allylic oxidation sites excluding steroid dienone is 3. The standard InChI is InChI=1S/C8H11NS/c1-3-5-6-8(4-2)9-7-10/h4-6H,3H2,1-2H3/b6-5-,8-4+. The highest BCUT2D eigenvalue weighted by Gasteiger charge is 1.79. The molecular weight excluding hydrogens is 142 g/mol. The Balaban J connectivity index is 4.10. The molecule has 10 heavy (non-hydrogen) atoms. The molecule has 1 nitrogen and oxygen atoms in total. The number of aliphatic imine (C=N–C) groups is 1. The monoisotopic (exact) mass is 153 g/mol. The van der Waals surface area contributed by atoms with Crippen LogP contribution in [0.15, 0.2) is 28.9 Å². The molecule has 0 aliphatic rings. The third-order valence-corrected chi connectivity index (χ3v) is 1.09. The normalized spacial score (nSPS) is 11.6. The minimum atomic E-state index is 0.872. The molecule has 54 valence electrons. The van der Waals surface area contributed by atoms with E-state index in [1.165, 1.54) is 0 Å². The van der Waals surface area contributed by atoms with Crippen molar-refractivity contribution in [3.05, 3.63) is 23.9 Å². The van der Waals surface area contributed by atoms with E-state index in [1.807, 2.05) is 25.2 Å². The summed E-state index contributed by atoms with van der Waals surface area (Å²) in [7, 11) is 0. The SMILES string of the molecule is C/C=C(\C=C/CC)N=C=S. The largest absolute Gasteiger partial charge is 0.195 e. The molecule has 0 aromatic carbocycles. The van der Waals surface area contributed by atoms with E-state index in [-0.39, 0.29) is 0 Å². The minimum absolute atomic E-state index is 0.872. The molecule has 0 aliphatic carbocycles. The summed E-state index contributed by atoms with van der Waals surface area (Å²) in [6.07, 6.45) is 6.88. The number of nitrogens with zero attached hydrogens (tertiary/aromatic N) is 1. The Labute approximate surface area is 67.2 Å². The lowest BCUT2D eigenvalue weighted by molar-refractivity contribution is 1.21. The van der Waals surface area contributed by atoms with Crippen LogP contribution in [0.1, 0.15) is 20.3 Å². The van der Waals surface area contributed by atoms with Crippen LogP contribution in [-0.4, -0.2) is 5.16 Å². The van der Waals surface area contributed by atoms with Crippen LogP contribution in [0.5, 0.6) is 0 Å². The summed E-state index contributed by atoms with van der Waals surface area (Å²) in [6, 6.07) is 0. The van der Waals surface area contributed by atoms with Crippen LogP contribution in [0.3, 0.4) is 0 Å². The molecule has 0 unspecified atom stereocenters. The number of rotatable bonds is 3. The molecule has 0 fully saturated rings. The van der Waals surface area contributed by atoms with Crippen molar-refractivity contribution in [1.29, 1.82) is 0 Å². The lowest BCUT2D eigenvalue weighted by Crippen LogP contribution is -1.67. The fraction of sp³-hybridized carbons (Fsp3) is 0.375. The third-order valence-electron chi connectivity index (χ3n) is 0.995. The van der Waals surface area contributed by atoms with Gasteiger partial charge in [0.05, 0.1) is 10.9 Å². The molecule has 0 bridgehead atoms. The van der Waals surface area contributed by atoms with Gasteiger partial charge in [0.15, 0.2) is 0 Å². The zero-order chi connectivity index (χ0) is 7.82. The van der Waals surface area contributed by atoms with Crippen molar-refractivity contribution >= 4 is 17.4 Å². The van der Waals surface area contributed by atoms with Crippen LogP contribution in [0, 0.1) is 0 Å². The topological polar surface area (TPSA) is 12.4 Å². The van der Waals surface area contributed by atoms with Gasteiger partial charge in [0.2, 0.25) is 0 Å². The average molecular weight is 153 g/mol. The van der Waals surface area contributed by atoms with Crippen molar-refractivity contribution < 1.29 is 0 Å². The molecule has 0 radical (unpaired) electrons. The Hall–Kier alpha value is -0.720. The number of hydrogen-bond donors (Lipinski definition) is 0. The molecule has 0 heterocycles. The second-order valence-corrected chi connectivity index (χ2v) is 1.91. The maximum Gasteiger partial charge on any atom is 0.0693 e. The summed E-state index contributed by atoms with van der Waals surface area (Å²) in [5.41, 5.74) is 0.872. The van der Waals surface area contributed by atoms with E-state index in [2.05, 4.69) is 29.3 Å². The van der Waals surface area contributed by atoms with E-state index in [0.717, 1.165) is 12.1 Å². The first kappa shape index (κ1) is 9.28. The first-order valence-electron chi connectivity index (χ1n) is 3.25. The lowest BCUT2D eigenvalue weighted by Gasteiger charge is -1.85. The van der Waals surface area contributed by atoms with Gasteiger partial charge in [0.25, 0.3) is 0 Å². The Morgan fingerprint density at radius 1 is 1.70 bits per heavy atom. The van der Waals surface area contributed by atoms with Crippen molar-refractivity contribution in [1.82, 2.24) is 0 Å². The van der Waals surface area contributed by atoms with Crippen LogP contribution < -0.4 is 0 Å². The molecule has 0 spiro atoms. The summed E-state index contributed by atoms with van der Waals surface area (Å²) >= 11 is 4.45. The first-order valence-corrected chi connectivity index (χ1v) is 3.66. The zero-order valence-electron chi connectivity index (χ0n) is 6.29. The molecule has 0 amide bonds. The number of isothiocyanates is 1. The van der Waals surface area contributed by atoms with Gasteiger partial charge in [-0.15, -0.1) is 0 Å². The predicted octanol–water partition coefficient (Wildman–Crippen LogP) is 2.96. The lowest BCUT2D eigenvalue weighted by atomic mass is 10.3. The smallest absolute Gasteiger partial charge is 0.0693 e. The van der Waals surface area contributed by atoms with Crippen molar-refractivity contribution in [2.24, 2.45) is 4.99 Å². The van der Waals surface area contributed by atoms with Crippen molar-refractivity contribution in [3.8, 4) is 0 Å². The van der Waals surface area contributed by atoms with Crippen LogP contribution in [0.25, 0.3) is 0 Å². The molecule has 0 N–H and O–H groups in total. The number of thiocarbonyl (C=S) groups is 1. The van der Waals surface area contributed by atoms with Crippen LogP contribution in [-0.2, 0) is 0 Å². The maximum absolute atomic E-state index is 4.45. The van der Waals surface area contributed by atoms with Gasteiger partial charge in [-0.3, -0.25) is 0 Å². The first-order chi connectivity index (χ1) is 4.85. The van der Waals surface area contributed by atoms with Gasteiger partial charge in [0.1, 0.15) is 0 Å². The Bertz CT molecular complexity index is 185. The van der Waals surface area contributed by atoms with Gasteiger partial charge in [-0.25, -0.2) is 0 Å². The van der Waals surface area contributed by atoms with Crippen molar-refractivity contribution in [3.63, 3.8) is 0 Å². The van der Waals surface area contributed by atoms with Crippen molar-refractivity contribution in [2.45, 2.75) is 20.3 Å². The summed E-state index contributed by atoms with van der Waals surface area (Å²) < 4.78 is 0. The molecule has 2 heteroatoms. The van der Waals surface area contributed by atoms with E-state index >= 15 is 0 Å². The molecule has 0 aromatic rings. The minimum Gasteiger partial charge on any atom is -0.195 e. The fourth-order valence-electron chi connectivity index (χ4n) is 0.489. The summed E-state index contributed by atoms with van der Waals surface area (Å²) in [6.45, 7) is 4.00. The van der Waals surface area contributed by atoms with E-state index in [0.29, 0.717) is 0 Å². The third kappa shape index (κ3) is 4.19. The second-order valence-electron chi connectivity index (χ2n) is 1.73. The van der Waals surface area contributed by atoms with E-state index in [4.69, 9.17) is 0 Å². The van der Waals surface area contributed by atoms with Gasteiger partial charge in [0, 0.05) is 0 Å². The summed E-state index contributed by atoms with van der Waals surface area (Å²) in [5.74, 6) is 0. The number of hydrogen-bond acceptors (Lipinski definition) is 2. The van der Waals surface area contributed by atoms with Gasteiger partial charge >= 0.3 is 0 Å². The fourth-order valence-corrected chi connectivity index (χ4v) is 0.595. The van der Waals surface area contributed by atoms with E-state index in [9.17, 15) is 0 Å². The molecule has 0 saturated heterocycles. The van der Waals surface area contributed by atoms with Crippen LogP contribution >= 0.6 is 12.2 Å². The van der Waals surface area contributed by atoms with Crippen molar-refractivity contribution in [2.75, 3.05) is 0 Å². The highest BCUT2D eigenvalue weighted by atomic mass is 32.1. The zero-order valence-corrected chi connectivity index (χ0v) is 7.11. The average Bonchev–Trinajstić information content (AvgIpc) is 1.98. The molecule has 0 atom stereocenters.